The van der Waals surface area contributed by atoms with Crippen LogP contribution in [0.3, 0.4) is 0 Å². The Hall–Kier alpha value is -1.89. The minimum Gasteiger partial charge on any atom is -0.299 e. The number of imidazole rings is 1. The lowest BCUT2D eigenvalue weighted by Gasteiger charge is -2.24. The van der Waals surface area contributed by atoms with E-state index in [0.29, 0.717) is 25.2 Å². The summed E-state index contributed by atoms with van der Waals surface area (Å²) in [5.74, 6) is 0.290. The Kier molecular flexibility index (Phi) is 3.44. The summed E-state index contributed by atoms with van der Waals surface area (Å²) >= 11 is 5.99. The van der Waals surface area contributed by atoms with E-state index in [1.165, 1.54) is 0 Å². The van der Waals surface area contributed by atoms with Crippen LogP contribution in [0.15, 0.2) is 0 Å². The molecule has 1 aliphatic rings. The van der Waals surface area contributed by atoms with E-state index in [2.05, 4.69) is 15.4 Å². The largest absolute Gasteiger partial charge is 0.299 e. The number of hydrogen-bond donors (Lipinski definition) is 1. The summed E-state index contributed by atoms with van der Waals surface area (Å²) in [7, 11) is 0. The monoisotopic (exact) mass is 309 g/mol. The molecule has 0 radical (unpaired) electrons. The molecule has 1 N–H and O–H groups in total. The van der Waals surface area contributed by atoms with Crippen molar-refractivity contribution >= 4 is 34.6 Å². The lowest BCUT2D eigenvalue weighted by atomic mass is 10.1. The van der Waals surface area contributed by atoms with E-state index < -0.39 is 6.04 Å². The number of carbonyl (C=O) groups excluding carboxylic acids is 2. The number of alkyl halides is 1. The van der Waals surface area contributed by atoms with Gasteiger partial charge in [-0.3, -0.25) is 19.5 Å². The standard InChI is InChI=1S/C13H16ClN5O2/c1-3-18-13-11(7(2)17-18)15-9(6-14)19(13)8-4-5-10(20)16-12(8)21/h8H,3-6H2,1-2H3,(H,16,20,21). The first kappa shape index (κ1) is 14.1. The van der Waals surface area contributed by atoms with Crippen LogP contribution >= 0.6 is 11.6 Å². The highest BCUT2D eigenvalue weighted by atomic mass is 35.5. The molecule has 2 aromatic heterocycles. The van der Waals surface area contributed by atoms with Crippen molar-refractivity contribution in [2.24, 2.45) is 0 Å². The van der Waals surface area contributed by atoms with Crippen LogP contribution in [0, 0.1) is 6.92 Å². The molecule has 2 amide bonds. The smallest absolute Gasteiger partial charge is 0.249 e. The lowest BCUT2D eigenvalue weighted by molar-refractivity contribution is -0.135. The summed E-state index contributed by atoms with van der Waals surface area (Å²) in [5.41, 5.74) is 2.36. The topological polar surface area (TPSA) is 81.8 Å². The maximum atomic E-state index is 12.2. The highest BCUT2D eigenvalue weighted by Crippen LogP contribution is 2.28. The van der Waals surface area contributed by atoms with Crippen LogP contribution in [0.25, 0.3) is 11.2 Å². The van der Waals surface area contributed by atoms with E-state index >= 15 is 0 Å². The highest BCUT2D eigenvalue weighted by Gasteiger charge is 2.32. The van der Waals surface area contributed by atoms with Crippen molar-refractivity contribution in [3.8, 4) is 0 Å². The molecule has 21 heavy (non-hydrogen) atoms. The first-order valence-corrected chi connectivity index (χ1v) is 7.44. The van der Waals surface area contributed by atoms with Crippen molar-refractivity contribution in [3.05, 3.63) is 11.5 Å². The number of hydrogen-bond acceptors (Lipinski definition) is 4. The number of halogens is 1. The van der Waals surface area contributed by atoms with Gasteiger partial charge in [0.15, 0.2) is 5.65 Å². The number of aryl methyl sites for hydroxylation is 2. The van der Waals surface area contributed by atoms with E-state index in [-0.39, 0.29) is 17.7 Å². The first-order valence-electron chi connectivity index (χ1n) is 6.90. The van der Waals surface area contributed by atoms with Crippen molar-refractivity contribution in [1.82, 2.24) is 24.6 Å². The number of nitrogens with one attached hydrogen (secondary N) is 1. The molecule has 0 spiro atoms. The zero-order valence-corrected chi connectivity index (χ0v) is 12.6. The quantitative estimate of drug-likeness (QED) is 0.684. The summed E-state index contributed by atoms with van der Waals surface area (Å²) in [6.45, 7) is 4.54. The number of piperidine rings is 1. The van der Waals surface area contributed by atoms with Crippen LogP contribution in [-0.2, 0) is 22.0 Å². The van der Waals surface area contributed by atoms with Crippen LogP contribution in [0.2, 0.25) is 0 Å². The van der Waals surface area contributed by atoms with Crippen LogP contribution in [0.5, 0.6) is 0 Å². The molecule has 1 fully saturated rings. The summed E-state index contributed by atoms with van der Waals surface area (Å²) in [4.78, 5) is 28.0. The zero-order valence-electron chi connectivity index (χ0n) is 11.9. The maximum Gasteiger partial charge on any atom is 0.249 e. The second-order valence-corrected chi connectivity index (χ2v) is 5.34. The fourth-order valence-corrected chi connectivity index (χ4v) is 2.99. The lowest BCUT2D eigenvalue weighted by Crippen LogP contribution is -2.42. The zero-order chi connectivity index (χ0) is 15.1. The van der Waals surface area contributed by atoms with Crippen LogP contribution in [0.1, 0.15) is 37.3 Å². The number of imide groups is 1. The van der Waals surface area contributed by atoms with Gasteiger partial charge in [-0.1, -0.05) is 0 Å². The number of fused-ring (bicyclic) bond motifs is 1. The molecule has 0 saturated carbocycles. The molecule has 1 saturated heterocycles. The van der Waals surface area contributed by atoms with Gasteiger partial charge < -0.3 is 0 Å². The molecule has 1 atom stereocenters. The molecule has 2 aromatic rings. The summed E-state index contributed by atoms with van der Waals surface area (Å²) in [6.07, 6.45) is 0.769. The minimum atomic E-state index is -0.470. The predicted octanol–water partition coefficient (Wildman–Crippen LogP) is 1.28. The average molecular weight is 310 g/mol. The molecule has 1 aliphatic heterocycles. The van der Waals surface area contributed by atoms with Crippen molar-refractivity contribution in [3.63, 3.8) is 0 Å². The summed E-state index contributed by atoms with van der Waals surface area (Å²) in [6, 6.07) is -0.470. The fraction of sp³-hybridized carbons (Fsp3) is 0.538. The third kappa shape index (κ3) is 2.12. The van der Waals surface area contributed by atoms with Gasteiger partial charge in [-0.05, 0) is 20.3 Å². The van der Waals surface area contributed by atoms with Crippen LogP contribution < -0.4 is 5.32 Å². The van der Waals surface area contributed by atoms with E-state index in [1.807, 2.05) is 23.1 Å². The van der Waals surface area contributed by atoms with Gasteiger partial charge in [0.25, 0.3) is 0 Å². The Bertz CT molecular complexity index is 733. The molecule has 3 rings (SSSR count). The number of rotatable bonds is 3. The summed E-state index contributed by atoms with van der Waals surface area (Å²) in [5, 5.41) is 6.81. The normalized spacial score (nSPS) is 19.3. The molecule has 0 bridgehead atoms. The van der Waals surface area contributed by atoms with E-state index in [1.54, 1.807) is 0 Å². The SMILES string of the molecule is CCn1nc(C)c2nc(CCl)n(C3CCC(=O)NC3=O)c21. The first-order chi connectivity index (χ1) is 10.1. The van der Waals surface area contributed by atoms with Crippen LogP contribution in [-0.4, -0.2) is 31.1 Å². The van der Waals surface area contributed by atoms with Crippen LogP contribution in [0.4, 0.5) is 0 Å². The Morgan fingerprint density at radius 2 is 2.19 bits per heavy atom. The Morgan fingerprint density at radius 1 is 1.43 bits per heavy atom. The molecule has 8 heteroatoms. The molecule has 112 valence electrons. The van der Waals surface area contributed by atoms with Crippen molar-refractivity contribution in [2.75, 3.05) is 0 Å². The van der Waals surface area contributed by atoms with E-state index in [0.717, 1.165) is 16.9 Å². The third-order valence-corrected chi connectivity index (χ3v) is 4.00. The van der Waals surface area contributed by atoms with Gasteiger partial charge in [0, 0.05) is 13.0 Å². The van der Waals surface area contributed by atoms with Crippen molar-refractivity contribution in [2.45, 2.75) is 45.2 Å². The third-order valence-electron chi connectivity index (χ3n) is 3.76. The maximum absolute atomic E-state index is 12.2. The Balaban J connectivity index is 2.20. The minimum absolute atomic E-state index is 0.204. The van der Waals surface area contributed by atoms with Gasteiger partial charge in [-0.25, -0.2) is 9.67 Å². The number of aromatic nitrogens is 4. The Labute approximate surface area is 126 Å². The molecule has 7 nitrogen and oxygen atoms in total. The number of carbonyl (C=O) groups is 2. The molecule has 0 aliphatic carbocycles. The van der Waals surface area contributed by atoms with E-state index in [9.17, 15) is 9.59 Å². The van der Waals surface area contributed by atoms with Gasteiger partial charge >= 0.3 is 0 Å². The predicted molar refractivity (Wildman–Crippen MR) is 76.9 cm³/mol. The van der Waals surface area contributed by atoms with Crippen molar-refractivity contribution in [1.29, 1.82) is 0 Å². The second kappa shape index (κ2) is 5.14. The average Bonchev–Trinajstić information content (AvgIpc) is 2.97. The fourth-order valence-electron chi connectivity index (χ4n) is 2.81. The molecular weight excluding hydrogens is 294 g/mol. The van der Waals surface area contributed by atoms with Gasteiger partial charge in [0.05, 0.1) is 11.6 Å². The van der Waals surface area contributed by atoms with Gasteiger partial charge in [0.2, 0.25) is 11.8 Å². The molecule has 1 unspecified atom stereocenters. The molecule has 0 aromatic carbocycles. The number of nitrogens with zero attached hydrogens (tertiary/aromatic N) is 4. The van der Waals surface area contributed by atoms with E-state index in [4.69, 9.17) is 11.6 Å². The molecular formula is C13H16ClN5O2. The van der Waals surface area contributed by atoms with Gasteiger partial charge in [-0.2, -0.15) is 5.10 Å². The second-order valence-electron chi connectivity index (χ2n) is 5.07. The number of amides is 2. The Morgan fingerprint density at radius 3 is 2.81 bits per heavy atom. The van der Waals surface area contributed by atoms with Crippen molar-refractivity contribution < 1.29 is 9.59 Å². The highest BCUT2D eigenvalue weighted by molar-refractivity contribution is 6.17. The van der Waals surface area contributed by atoms with Gasteiger partial charge in [-0.15, -0.1) is 11.6 Å². The summed E-state index contributed by atoms with van der Waals surface area (Å²) < 4.78 is 3.64. The molecule has 3 heterocycles. The van der Waals surface area contributed by atoms with Gasteiger partial charge in [0.1, 0.15) is 17.4 Å².